The molecular weight excluding hydrogens is 254 g/mol. The molecule has 5 heteroatoms. The van der Waals surface area contributed by atoms with Crippen molar-refractivity contribution < 1.29 is 4.79 Å². The molecule has 0 saturated heterocycles. The number of nitrogens with one attached hydrogen (secondary N) is 2. The molecule has 2 unspecified atom stereocenters. The highest BCUT2D eigenvalue weighted by Gasteiger charge is 2.66. The summed E-state index contributed by atoms with van der Waals surface area (Å²) < 4.78 is 0. The fourth-order valence-electron chi connectivity index (χ4n) is 4.37. The molecule has 4 rings (SSSR count). The second kappa shape index (κ2) is 3.40. The first-order valence-corrected chi connectivity index (χ1v) is 7.08. The molecular formula is C15H17N3O2. The maximum absolute atomic E-state index is 12.6. The summed E-state index contributed by atoms with van der Waals surface area (Å²) in [6.45, 7) is 4.31. The molecule has 2 atom stereocenters. The summed E-state index contributed by atoms with van der Waals surface area (Å²) in [6, 6.07) is 1.47. The lowest BCUT2D eigenvalue weighted by molar-refractivity contribution is -0.124. The number of pyridine rings is 1. The monoisotopic (exact) mass is 271 g/mol. The number of Topliss-reactive ketones (excluding diaryl/α,β-unsaturated/α-hetero) is 1. The number of aromatic amines is 2. The summed E-state index contributed by atoms with van der Waals surface area (Å²) >= 11 is 0. The predicted molar refractivity (Wildman–Crippen MR) is 74.5 cm³/mol. The van der Waals surface area contributed by atoms with Crippen LogP contribution in [0.2, 0.25) is 0 Å². The van der Waals surface area contributed by atoms with E-state index in [1.54, 1.807) is 6.20 Å². The van der Waals surface area contributed by atoms with Crippen molar-refractivity contribution in [3.8, 4) is 0 Å². The molecule has 2 heterocycles. The number of nitrogens with zero attached hydrogens (tertiary/aromatic N) is 1. The van der Waals surface area contributed by atoms with Crippen LogP contribution >= 0.6 is 0 Å². The van der Waals surface area contributed by atoms with E-state index < -0.39 is 5.41 Å². The smallest absolute Gasteiger partial charge is 0.207 e. The summed E-state index contributed by atoms with van der Waals surface area (Å²) in [7, 11) is 0. The molecule has 2 aliphatic rings. The first-order chi connectivity index (χ1) is 9.47. The van der Waals surface area contributed by atoms with E-state index in [2.05, 4.69) is 28.8 Å². The Labute approximate surface area is 115 Å². The molecule has 0 amide bonds. The zero-order chi connectivity index (χ0) is 14.1. The summed E-state index contributed by atoms with van der Waals surface area (Å²) in [4.78, 5) is 35.1. The van der Waals surface area contributed by atoms with E-state index in [1.165, 1.54) is 6.07 Å². The van der Waals surface area contributed by atoms with E-state index in [-0.39, 0.29) is 16.6 Å². The fraction of sp³-hybridized carbons (Fsp3) is 0.533. The average Bonchev–Trinajstić information content (AvgIpc) is 2.98. The summed E-state index contributed by atoms with van der Waals surface area (Å²) in [5, 5.41) is 0. The lowest BCUT2D eigenvalue weighted by atomic mass is 9.68. The Bertz CT molecular complexity index is 786. The van der Waals surface area contributed by atoms with Gasteiger partial charge in [-0.3, -0.25) is 9.59 Å². The Morgan fingerprint density at radius 3 is 2.75 bits per heavy atom. The molecule has 0 aliphatic heterocycles. The number of carbonyl (C=O) groups excluding carboxylic acids is 1. The van der Waals surface area contributed by atoms with Gasteiger partial charge in [0.05, 0.1) is 5.41 Å². The van der Waals surface area contributed by atoms with Crippen molar-refractivity contribution in [3.05, 3.63) is 28.3 Å². The third kappa shape index (κ3) is 1.12. The molecule has 20 heavy (non-hydrogen) atoms. The van der Waals surface area contributed by atoms with Crippen LogP contribution in [0.5, 0.6) is 0 Å². The molecule has 0 spiro atoms. The fourth-order valence-corrected chi connectivity index (χ4v) is 4.37. The minimum absolute atomic E-state index is 0.0910. The van der Waals surface area contributed by atoms with Crippen LogP contribution in [0.3, 0.4) is 0 Å². The minimum atomic E-state index is -0.545. The zero-order valence-corrected chi connectivity index (χ0v) is 11.6. The van der Waals surface area contributed by atoms with Crippen LogP contribution in [-0.2, 0) is 10.2 Å². The number of hydrogen-bond donors (Lipinski definition) is 2. The molecule has 0 aromatic carbocycles. The highest BCUT2D eigenvalue weighted by molar-refractivity contribution is 5.94. The van der Waals surface area contributed by atoms with Crippen LogP contribution in [0.1, 0.15) is 38.9 Å². The van der Waals surface area contributed by atoms with Crippen molar-refractivity contribution in [2.24, 2.45) is 11.3 Å². The molecule has 2 aromatic rings. The lowest BCUT2D eigenvalue weighted by Crippen LogP contribution is -2.41. The van der Waals surface area contributed by atoms with Crippen molar-refractivity contribution in [3.63, 3.8) is 0 Å². The van der Waals surface area contributed by atoms with Gasteiger partial charge in [-0.05, 0) is 24.2 Å². The Balaban J connectivity index is 2.01. The topological polar surface area (TPSA) is 78.6 Å². The van der Waals surface area contributed by atoms with Gasteiger partial charge < -0.3 is 9.97 Å². The summed E-state index contributed by atoms with van der Waals surface area (Å²) in [5.74, 6) is 1.37. The molecule has 2 N–H and O–H groups in total. The predicted octanol–water partition coefficient (Wildman–Crippen LogP) is 1.90. The third-order valence-electron chi connectivity index (χ3n) is 5.71. The van der Waals surface area contributed by atoms with Crippen molar-refractivity contribution in [2.45, 2.75) is 38.5 Å². The van der Waals surface area contributed by atoms with E-state index in [9.17, 15) is 9.59 Å². The van der Waals surface area contributed by atoms with Gasteiger partial charge in [-0.25, -0.2) is 4.98 Å². The van der Waals surface area contributed by atoms with Crippen LogP contribution in [0.15, 0.2) is 17.1 Å². The van der Waals surface area contributed by atoms with Crippen molar-refractivity contribution in [2.75, 3.05) is 0 Å². The molecule has 2 fully saturated rings. The van der Waals surface area contributed by atoms with E-state index in [0.717, 1.165) is 12.8 Å². The second-order valence-electron chi connectivity index (χ2n) is 6.64. The van der Waals surface area contributed by atoms with Crippen molar-refractivity contribution >= 4 is 16.9 Å². The lowest BCUT2D eigenvalue weighted by Gasteiger charge is -2.34. The standard InChI is InChI=1S/C15H17N3O2/c1-14(2)8-3-5-15(14,10(20)7-8)13-17-11-9(19)4-6-16-12(11)18-13/h4,6,8H,3,5,7H2,1-2H3,(H2,16,17,18,19). The van der Waals surface area contributed by atoms with Crippen LogP contribution in [-0.4, -0.2) is 20.7 Å². The number of ketones is 1. The molecule has 104 valence electrons. The zero-order valence-electron chi connectivity index (χ0n) is 11.6. The molecule has 2 aromatic heterocycles. The van der Waals surface area contributed by atoms with Crippen LogP contribution < -0.4 is 5.43 Å². The molecule has 2 bridgehead atoms. The maximum atomic E-state index is 12.6. The van der Waals surface area contributed by atoms with Gasteiger partial charge in [0.1, 0.15) is 17.1 Å². The third-order valence-corrected chi connectivity index (χ3v) is 5.71. The Kier molecular flexibility index (Phi) is 2.02. The highest BCUT2D eigenvalue weighted by Crippen LogP contribution is 2.63. The summed E-state index contributed by atoms with van der Waals surface area (Å²) in [5.41, 5.74) is 0.279. The van der Waals surface area contributed by atoms with Crippen LogP contribution in [0.4, 0.5) is 0 Å². The van der Waals surface area contributed by atoms with Gasteiger partial charge in [0.25, 0.3) is 0 Å². The van der Waals surface area contributed by atoms with Crippen molar-refractivity contribution in [1.29, 1.82) is 0 Å². The van der Waals surface area contributed by atoms with E-state index in [0.29, 0.717) is 29.3 Å². The van der Waals surface area contributed by atoms with Gasteiger partial charge in [-0.2, -0.15) is 0 Å². The molecule has 2 aliphatic carbocycles. The van der Waals surface area contributed by atoms with Gasteiger partial charge >= 0.3 is 0 Å². The van der Waals surface area contributed by atoms with Gasteiger partial charge in [0, 0.05) is 18.7 Å². The van der Waals surface area contributed by atoms with E-state index in [4.69, 9.17) is 0 Å². The average molecular weight is 271 g/mol. The number of fused-ring (bicyclic) bond motifs is 3. The first-order valence-electron chi connectivity index (χ1n) is 7.08. The number of hydrogen-bond acceptors (Lipinski definition) is 3. The van der Waals surface area contributed by atoms with Gasteiger partial charge in [0.2, 0.25) is 5.43 Å². The maximum Gasteiger partial charge on any atom is 0.207 e. The SMILES string of the molecule is CC1(C)C2CCC1(c1nc3[nH]ccc(=O)c3[nH]1)C(=O)C2. The number of aromatic nitrogens is 3. The van der Waals surface area contributed by atoms with E-state index in [1.807, 2.05) is 0 Å². The Morgan fingerprint density at radius 1 is 1.35 bits per heavy atom. The normalized spacial score (nSPS) is 31.3. The Hall–Kier alpha value is -1.91. The number of carbonyl (C=O) groups is 1. The quantitative estimate of drug-likeness (QED) is 0.831. The summed E-state index contributed by atoms with van der Waals surface area (Å²) in [6.07, 6.45) is 4.12. The largest absolute Gasteiger partial charge is 0.345 e. The first kappa shape index (κ1) is 11.9. The number of imidazole rings is 1. The molecule has 2 saturated carbocycles. The van der Waals surface area contributed by atoms with Crippen LogP contribution in [0, 0.1) is 11.3 Å². The highest BCUT2D eigenvalue weighted by atomic mass is 16.1. The number of rotatable bonds is 1. The van der Waals surface area contributed by atoms with Gasteiger partial charge in [-0.15, -0.1) is 0 Å². The second-order valence-corrected chi connectivity index (χ2v) is 6.64. The molecule has 5 nitrogen and oxygen atoms in total. The minimum Gasteiger partial charge on any atom is -0.345 e. The Morgan fingerprint density at radius 2 is 2.15 bits per heavy atom. The van der Waals surface area contributed by atoms with Gasteiger partial charge in [-0.1, -0.05) is 13.8 Å². The van der Waals surface area contributed by atoms with E-state index >= 15 is 0 Å². The van der Waals surface area contributed by atoms with Gasteiger partial charge in [0.15, 0.2) is 5.65 Å². The van der Waals surface area contributed by atoms with Crippen molar-refractivity contribution in [1.82, 2.24) is 15.0 Å². The molecule has 0 radical (unpaired) electrons. The number of H-pyrrole nitrogens is 2. The van der Waals surface area contributed by atoms with Crippen LogP contribution in [0.25, 0.3) is 11.2 Å².